The molecular formula is C48H29NS. The van der Waals surface area contributed by atoms with Crippen LogP contribution in [0.2, 0.25) is 0 Å². The van der Waals surface area contributed by atoms with Crippen molar-refractivity contribution in [2.45, 2.75) is 0 Å². The minimum atomic E-state index is 1.17. The molecule has 11 rings (SSSR count). The maximum absolute atomic E-state index is 2.50. The first-order valence-corrected chi connectivity index (χ1v) is 18.0. The summed E-state index contributed by atoms with van der Waals surface area (Å²) >= 11 is 1.90. The molecule has 0 radical (unpaired) electrons. The minimum absolute atomic E-state index is 1.17. The van der Waals surface area contributed by atoms with Gasteiger partial charge in [-0.1, -0.05) is 140 Å². The Hall–Kier alpha value is -6.22. The van der Waals surface area contributed by atoms with Crippen LogP contribution >= 0.6 is 11.3 Å². The second kappa shape index (κ2) is 10.6. The Bertz CT molecular complexity index is 3110. The lowest BCUT2D eigenvalue weighted by molar-refractivity contribution is 1.19. The lowest BCUT2D eigenvalue weighted by Gasteiger charge is -2.13. The van der Waals surface area contributed by atoms with Crippen LogP contribution in [-0.4, -0.2) is 4.57 Å². The molecule has 0 bridgehead atoms. The van der Waals surface area contributed by atoms with Gasteiger partial charge in [0.2, 0.25) is 0 Å². The SMILES string of the molecule is c1ccc(-c2ccc3c(c2)c2ccc4c5ccccc5sc4c2n3-c2cccc(-c3ccc4c5ccccc5c5ccccc5c4c3)c2)cc1. The molecule has 0 atom stereocenters. The quantitative estimate of drug-likeness (QED) is 0.168. The van der Waals surface area contributed by atoms with Crippen LogP contribution in [0.1, 0.15) is 0 Å². The molecule has 9 aromatic carbocycles. The van der Waals surface area contributed by atoms with Crippen molar-refractivity contribution in [2.24, 2.45) is 0 Å². The van der Waals surface area contributed by atoms with Crippen molar-refractivity contribution in [1.29, 1.82) is 0 Å². The van der Waals surface area contributed by atoms with Crippen LogP contribution in [0.4, 0.5) is 0 Å². The molecule has 2 heterocycles. The predicted octanol–water partition coefficient (Wildman–Crippen LogP) is 13.9. The molecule has 50 heavy (non-hydrogen) atoms. The summed E-state index contributed by atoms with van der Waals surface area (Å²) in [6, 6.07) is 64.9. The summed E-state index contributed by atoms with van der Waals surface area (Å²) in [5.74, 6) is 0. The summed E-state index contributed by atoms with van der Waals surface area (Å²) < 4.78 is 5.15. The molecule has 0 fully saturated rings. The van der Waals surface area contributed by atoms with Crippen molar-refractivity contribution < 1.29 is 0 Å². The third-order valence-electron chi connectivity index (χ3n) is 10.6. The van der Waals surface area contributed by atoms with E-state index in [1.54, 1.807) is 0 Å². The monoisotopic (exact) mass is 651 g/mol. The first-order valence-electron chi connectivity index (χ1n) is 17.2. The molecule has 232 valence electrons. The van der Waals surface area contributed by atoms with E-state index < -0.39 is 0 Å². The van der Waals surface area contributed by atoms with E-state index in [0.29, 0.717) is 0 Å². The van der Waals surface area contributed by atoms with Crippen molar-refractivity contribution in [3.8, 4) is 27.9 Å². The van der Waals surface area contributed by atoms with Crippen molar-refractivity contribution >= 4 is 85.6 Å². The fourth-order valence-electron chi connectivity index (χ4n) is 8.27. The average Bonchev–Trinajstić information content (AvgIpc) is 3.74. The van der Waals surface area contributed by atoms with Gasteiger partial charge in [0.25, 0.3) is 0 Å². The molecule has 0 N–H and O–H groups in total. The molecule has 1 nitrogen and oxygen atoms in total. The van der Waals surface area contributed by atoms with Crippen molar-refractivity contribution in [3.63, 3.8) is 0 Å². The van der Waals surface area contributed by atoms with E-state index in [0.717, 1.165) is 0 Å². The van der Waals surface area contributed by atoms with Gasteiger partial charge in [0.05, 0.1) is 15.7 Å². The number of benzene rings is 9. The fourth-order valence-corrected chi connectivity index (χ4v) is 9.51. The van der Waals surface area contributed by atoms with Crippen LogP contribution in [0.5, 0.6) is 0 Å². The smallest absolute Gasteiger partial charge is 0.0719 e. The standard InChI is InChI=1S/C48H29NS/c1-2-11-30(12-3-1)32-22-26-45-44(29-32)41-24-25-42-40-19-8-9-20-46(40)50-48(42)47(41)49(45)34-14-10-13-31(27-34)33-21-23-39-37-17-5-4-15-35(37)36-16-6-7-18-38(36)43(39)28-33/h1-29H. The maximum Gasteiger partial charge on any atom is 0.0719 e. The van der Waals surface area contributed by atoms with Crippen molar-refractivity contribution in [3.05, 3.63) is 176 Å². The summed E-state index contributed by atoms with van der Waals surface area (Å²) in [5, 5.41) is 13.0. The average molecular weight is 652 g/mol. The van der Waals surface area contributed by atoms with Gasteiger partial charge < -0.3 is 4.57 Å². The lowest BCUT2D eigenvalue weighted by atomic mass is 9.92. The highest BCUT2D eigenvalue weighted by atomic mass is 32.1. The Morgan fingerprint density at radius 1 is 0.320 bits per heavy atom. The number of fused-ring (bicyclic) bond motifs is 13. The normalized spacial score (nSPS) is 12.0. The van der Waals surface area contributed by atoms with Crippen molar-refractivity contribution in [1.82, 2.24) is 4.57 Å². The lowest BCUT2D eigenvalue weighted by Crippen LogP contribution is -1.94. The largest absolute Gasteiger partial charge is 0.308 e. The van der Waals surface area contributed by atoms with E-state index in [-0.39, 0.29) is 0 Å². The summed E-state index contributed by atoms with van der Waals surface area (Å²) in [6.07, 6.45) is 0. The van der Waals surface area contributed by atoms with Crippen LogP contribution in [-0.2, 0) is 0 Å². The van der Waals surface area contributed by atoms with Gasteiger partial charge in [-0.3, -0.25) is 0 Å². The highest BCUT2D eigenvalue weighted by molar-refractivity contribution is 7.26. The van der Waals surface area contributed by atoms with Gasteiger partial charge in [0, 0.05) is 31.9 Å². The zero-order valence-corrected chi connectivity index (χ0v) is 27.9. The van der Waals surface area contributed by atoms with Crippen molar-refractivity contribution in [2.75, 3.05) is 0 Å². The van der Waals surface area contributed by atoms with Crippen LogP contribution in [0.25, 0.3) is 102 Å². The number of thiophene rings is 1. The Morgan fingerprint density at radius 3 is 1.64 bits per heavy atom. The van der Waals surface area contributed by atoms with Gasteiger partial charge in [0.15, 0.2) is 0 Å². The van der Waals surface area contributed by atoms with E-state index in [1.807, 2.05) is 11.3 Å². The fraction of sp³-hybridized carbons (Fsp3) is 0. The molecule has 0 aliphatic heterocycles. The number of rotatable bonds is 3. The second-order valence-corrected chi connectivity index (χ2v) is 14.3. The van der Waals surface area contributed by atoms with E-state index >= 15 is 0 Å². The molecule has 0 aliphatic carbocycles. The third-order valence-corrected chi connectivity index (χ3v) is 11.8. The van der Waals surface area contributed by atoms with E-state index in [4.69, 9.17) is 0 Å². The first kappa shape index (κ1) is 27.7. The highest BCUT2D eigenvalue weighted by Gasteiger charge is 2.19. The molecular weight excluding hydrogens is 623 g/mol. The van der Waals surface area contributed by atoms with Crippen LogP contribution < -0.4 is 0 Å². The predicted molar refractivity (Wildman–Crippen MR) is 217 cm³/mol. The van der Waals surface area contributed by atoms with Gasteiger partial charge in [-0.25, -0.2) is 0 Å². The van der Waals surface area contributed by atoms with E-state index in [1.165, 1.54) is 102 Å². The van der Waals surface area contributed by atoms with E-state index in [2.05, 4.69) is 180 Å². The number of hydrogen-bond donors (Lipinski definition) is 0. The Labute approximate surface area is 292 Å². The van der Waals surface area contributed by atoms with Crippen LogP contribution in [0, 0.1) is 0 Å². The molecule has 0 saturated heterocycles. The van der Waals surface area contributed by atoms with E-state index in [9.17, 15) is 0 Å². The maximum atomic E-state index is 2.50. The molecule has 0 aliphatic rings. The Morgan fingerprint density at radius 2 is 0.860 bits per heavy atom. The van der Waals surface area contributed by atoms with Crippen LogP contribution in [0.15, 0.2) is 176 Å². The Kier molecular flexibility index (Phi) is 5.89. The molecule has 2 heteroatoms. The minimum Gasteiger partial charge on any atom is -0.308 e. The summed E-state index contributed by atoms with van der Waals surface area (Å²) in [6.45, 7) is 0. The molecule has 11 aromatic rings. The first-order chi connectivity index (χ1) is 24.8. The van der Waals surface area contributed by atoms with Gasteiger partial charge in [-0.15, -0.1) is 11.3 Å². The molecule has 0 saturated carbocycles. The third kappa shape index (κ3) is 4.00. The van der Waals surface area contributed by atoms with Gasteiger partial charge >= 0.3 is 0 Å². The molecule has 0 amide bonds. The highest BCUT2D eigenvalue weighted by Crippen LogP contribution is 2.44. The second-order valence-electron chi connectivity index (χ2n) is 13.3. The summed E-state index contributed by atoms with van der Waals surface area (Å²) in [7, 11) is 0. The zero-order chi connectivity index (χ0) is 32.8. The number of hydrogen-bond acceptors (Lipinski definition) is 1. The zero-order valence-electron chi connectivity index (χ0n) is 27.1. The molecule has 0 unspecified atom stereocenters. The van der Waals surface area contributed by atoms with Crippen LogP contribution in [0.3, 0.4) is 0 Å². The molecule has 0 spiro atoms. The summed E-state index contributed by atoms with van der Waals surface area (Å²) in [4.78, 5) is 0. The van der Waals surface area contributed by atoms with Gasteiger partial charge in [-0.2, -0.15) is 0 Å². The van der Waals surface area contributed by atoms with Gasteiger partial charge in [-0.05, 0) is 91.0 Å². The number of nitrogens with zero attached hydrogens (tertiary/aromatic N) is 1. The van der Waals surface area contributed by atoms with Gasteiger partial charge in [0.1, 0.15) is 0 Å². The number of aromatic nitrogens is 1. The Balaban J connectivity index is 1.18. The topological polar surface area (TPSA) is 4.93 Å². The molecule has 2 aromatic heterocycles. The summed E-state index contributed by atoms with van der Waals surface area (Å²) in [5.41, 5.74) is 8.56.